The molecule has 0 bridgehead atoms. The summed E-state index contributed by atoms with van der Waals surface area (Å²) in [7, 11) is 0. The molecular weight excluding hydrogens is 264 g/mol. The van der Waals surface area contributed by atoms with Crippen molar-refractivity contribution in [2.24, 2.45) is 0 Å². The number of para-hydroxylation sites is 1. The quantitative estimate of drug-likeness (QED) is 0.734. The van der Waals surface area contributed by atoms with Crippen LogP contribution in [0.25, 0.3) is 10.9 Å². The van der Waals surface area contributed by atoms with Gasteiger partial charge in [-0.3, -0.25) is 4.98 Å². The fourth-order valence-corrected chi connectivity index (χ4v) is 2.18. The Balaban J connectivity index is 2.01. The predicted molar refractivity (Wildman–Crippen MR) is 83.8 cm³/mol. The maximum absolute atomic E-state index is 6.10. The van der Waals surface area contributed by atoms with Crippen LogP contribution < -0.4 is 15.2 Å². The Labute approximate surface area is 123 Å². The monoisotopic (exact) mass is 280 g/mol. The second kappa shape index (κ2) is 5.71. The Bertz CT molecular complexity index is 766. The minimum absolute atomic E-state index is 0.500. The number of benzene rings is 2. The van der Waals surface area contributed by atoms with E-state index in [2.05, 4.69) is 4.98 Å². The fraction of sp³-hybridized carbons (Fsp3) is 0.118. The summed E-state index contributed by atoms with van der Waals surface area (Å²) >= 11 is 0. The lowest BCUT2D eigenvalue weighted by molar-refractivity contribution is 0.340. The largest absolute Gasteiger partial charge is 0.492 e. The lowest BCUT2D eigenvalue weighted by Gasteiger charge is -2.13. The molecular formula is C17H16N2O2. The normalized spacial score (nSPS) is 10.5. The van der Waals surface area contributed by atoms with E-state index in [0.717, 1.165) is 16.7 Å². The standard InChI is InChI=1S/C17H16N2O2/c1-2-20-15-9-4-10-16(17(15)18)21-14-8-3-7-13-12(14)6-5-11-19-13/h3-11H,2,18H2,1H3. The van der Waals surface area contributed by atoms with Gasteiger partial charge in [0.05, 0.1) is 12.1 Å². The molecule has 4 nitrogen and oxygen atoms in total. The van der Waals surface area contributed by atoms with E-state index >= 15 is 0 Å². The number of hydrogen-bond donors (Lipinski definition) is 1. The van der Waals surface area contributed by atoms with Crippen molar-refractivity contribution in [3.05, 3.63) is 54.7 Å². The number of aromatic nitrogens is 1. The predicted octanol–water partition coefficient (Wildman–Crippen LogP) is 4.01. The zero-order valence-electron chi connectivity index (χ0n) is 11.7. The SMILES string of the molecule is CCOc1cccc(Oc2cccc3ncccc23)c1N. The summed E-state index contributed by atoms with van der Waals surface area (Å²) in [6.45, 7) is 2.48. The lowest BCUT2D eigenvalue weighted by atomic mass is 10.2. The van der Waals surface area contributed by atoms with Crippen LogP contribution in [0.15, 0.2) is 54.7 Å². The van der Waals surface area contributed by atoms with Crippen LogP contribution in [-0.4, -0.2) is 11.6 Å². The van der Waals surface area contributed by atoms with E-state index in [4.69, 9.17) is 15.2 Å². The van der Waals surface area contributed by atoms with E-state index in [9.17, 15) is 0 Å². The fourth-order valence-electron chi connectivity index (χ4n) is 2.18. The summed E-state index contributed by atoms with van der Waals surface area (Å²) in [6.07, 6.45) is 1.76. The van der Waals surface area contributed by atoms with Gasteiger partial charge in [-0.15, -0.1) is 0 Å². The zero-order valence-corrected chi connectivity index (χ0v) is 11.7. The molecule has 3 aromatic rings. The highest BCUT2D eigenvalue weighted by Gasteiger charge is 2.09. The van der Waals surface area contributed by atoms with Gasteiger partial charge in [0.2, 0.25) is 0 Å². The molecule has 0 aliphatic rings. The molecule has 0 unspecified atom stereocenters. The molecule has 0 radical (unpaired) electrons. The van der Waals surface area contributed by atoms with Crippen LogP contribution in [0.3, 0.4) is 0 Å². The van der Waals surface area contributed by atoms with Gasteiger partial charge in [-0.25, -0.2) is 0 Å². The van der Waals surface area contributed by atoms with Gasteiger partial charge in [0.1, 0.15) is 17.2 Å². The van der Waals surface area contributed by atoms with Crippen LogP contribution in [0.5, 0.6) is 17.2 Å². The van der Waals surface area contributed by atoms with E-state index in [1.165, 1.54) is 0 Å². The minimum atomic E-state index is 0.500. The number of nitrogens with two attached hydrogens (primary N) is 1. The zero-order chi connectivity index (χ0) is 14.7. The smallest absolute Gasteiger partial charge is 0.154 e. The summed E-state index contributed by atoms with van der Waals surface area (Å²) < 4.78 is 11.4. The molecule has 2 N–H and O–H groups in total. The second-order valence-corrected chi connectivity index (χ2v) is 4.53. The number of nitrogens with zero attached hydrogens (tertiary/aromatic N) is 1. The Morgan fingerprint density at radius 3 is 2.57 bits per heavy atom. The number of hydrogen-bond acceptors (Lipinski definition) is 4. The molecule has 4 heteroatoms. The average Bonchev–Trinajstić information content (AvgIpc) is 2.52. The third-order valence-electron chi connectivity index (χ3n) is 3.15. The van der Waals surface area contributed by atoms with E-state index in [0.29, 0.717) is 23.8 Å². The Morgan fingerprint density at radius 2 is 1.71 bits per heavy atom. The van der Waals surface area contributed by atoms with Crippen LogP contribution >= 0.6 is 0 Å². The second-order valence-electron chi connectivity index (χ2n) is 4.53. The van der Waals surface area contributed by atoms with Crippen molar-refractivity contribution in [3.63, 3.8) is 0 Å². The van der Waals surface area contributed by atoms with Crippen molar-refractivity contribution >= 4 is 16.6 Å². The third-order valence-corrected chi connectivity index (χ3v) is 3.15. The molecule has 0 atom stereocenters. The van der Waals surface area contributed by atoms with Crippen molar-refractivity contribution in [2.45, 2.75) is 6.92 Å². The molecule has 1 aromatic heterocycles. The molecule has 106 valence electrons. The highest BCUT2D eigenvalue weighted by molar-refractivity contribution is 5.85. The van der Waals surface area contributed by atoms with E-state index in [1.54, 1.807) is 6.20 Å². The first-order valence-corrected chi connectivity index (χ1v) is 6.82. The number of anilines is 1. The highest BCUT2D eigenvalue weighted by atomic mass is 16.5. The summed E-state index contributed by atoms with van der Waals surface area (Å²) in [5.41, 5.74) is 7.48. The molecule has 21 heavy (non-hydrogen) atoms. The van der Waals surface area contributed by atoms with Crippen molar-refractivity contribution in [1.82, 2.24) is 4.98 Å². The van der Waals surface area contributed by atoms with E-state index in [1.807, 2.05) is 55.5 Å². The van der Waals surface area contributed by atoms with Crippen molar-refractivity contribution in [2.75, 3.05) is 12.3 Å². The maximum Gasteiger partial charge on any atom is 0.154 e. The van der Waals surface area contributed by atoms with Crippen LogP contribution in [0.4, 0.5) is 5.69 Å². The van der Waals surface area contributed by atoms with Crippen LogP contribution in [0.2, 0.25) is 0 Å². The van der Waals surface area contributed by atoms with Gasteiger partial charge in [0.25, 0.3) is 0 Å². The first kappa shape index (κ1) is 13.2. The first-order valence-electron chi connectivity index (χ1n) is 6.82. The maximum atomic E-state index is 6.10. The molecule has 0 saturated carbocycles. The molecule has 0 fully saturated rings. The first-order chi connectivity index (χ1) is 10.3. The van der Waals surface area contributed by atoms with Gasteiger partial charge in [-0.05, 0) is 43.3 Å². The van der Waals surface area contributed by atoms with E-state index < -0.39 is 0 Å². The number of fused-ring (bicyclic) bond motifs is 1. The summed E-state index contributed by atoms with van der Waals surface area (Å²) in [4.78, 5) is 4.32. The third kappa shape index (κ3) is 2.60. The molecule has 1 heterocycles. The van der Waals surface area contributed by atoms with Crippen molar-refractivity contribution < 1.29 is 9.47 Å². The molecule has 3 rings (SSSR count). The average molecular weight is 280 g/mol. The lowest BCUT2D eigenvalue weighted by Crippen LogP contribution is -1.99. The summed E-state index contributed by atoms with van der Waals surface area (Å²) in [5, 5.41) is 0.946. The topological polar surface area (TPSA) is 57.4 Å². The summed E-state index contributed by atoms with van der Waals surface area (Å²) in [6, 6.07) is 15.1. The van der Waals surface area contributed by atoms with Crippen molar-refractivity contribution in [1.29, 1.82) is 0 Å². The molecule has 0 aliphatic carbocycles. The number of pyridine rings is 1. The molecule has 0 spiro atoms. The van der Waals surface area contributed by atoms with Gasteiger partial charge in [0, 0.05) is 11.6 Å². The van der Waals surface area contributed by atoms with E-state index in [-0.39, 0.29) is 0 Å². The number of nitrogen functional groups attached to an aromatic ring is 1. The minimum Gasteiger partial charge on any atom is -0.492 e. The van der Waals surface area contributed by atoms with Gasteiger partial charge in [-0.2, -0.15) is 0 Å². The van der Waals surface area contributed by atoms with Gasteiger partial charge in [0.15, 0.2) is 5.75 Å². The number of ether oxygens (including phenoxy) is 2. The number of rotatable bonds is 4. The molecule has 0 aliphatic heterocycles. The van der Waals surface area contributed by atoms with Gasteiger partial charge in [-0.1, -0.05) is 12.1 Å². The molecule has 0 amide bonds. The van der Waals surface area contributed by atoms with Crippen molar-refractivity contribution in [3.8, 4) is 17.2 Å². The Morgan fingerprint density at radius 1 is 0.952 bits per heavy atom. The molecule has 0 saturated heterocycles. The highest BCUT2D eigenvalue weighted by Crippen LogP contribution is 2.36. The van der Waals surface area contributed by atoms with Gasteiger partial charge < -0.3 is 15.2 Å². The van der Waals surface area contributed by atoms with Crippen LogP contribution in [0.1, 0.15) is 6.92 Å². The van der Waals surface area contributed by atoms with Crippen LogP contribution in [0, 0.1) is 0 Å². The Hall–Kier alpha value is -2.75. The summed E-state index contributed by atoms with van der Waals surface area (Å²) in [5.74, 6) is 1.94. The van der Waals surface area contributed by atoms with Crippen LogP contribution in [-0.2, 0) is 0 Å². The Kier molecular flexibility index (Phi) is 3.60. The van der Waals surface area contributed by atoms with Gasteiger partial charge >= 0.3 is 0 Å². The molecule has 2 aromatic carbocycles.